The van der Waals surface area contributed by atoms with Gasteiger partial charge in [0.15, 0.2) is 16.9 Å². The fourth-order valence-corrected chi connectivity index (χ4v) is 11.5. The van der Waals surface area contributed by atoms with E-state index in [1.165, 1.54) is 17.2 Å². The molecule has 9 aromatic heterocycles. The van der Waals surface area contributed by atoms with Crippen molar-refractivity contribution in [3.05, 3.63) is 109 Å². The molecule has 0 radical (unpaired) electrons. The van der Waals surface area contributed by atoms with Crippen molar-refractivity contribution >= 4 is 50.6 Å². The molecule has 0 unspecified atom stereocenters. The van der Waals surface area contributed by atoms with E-state index < -0.39 is 54.1 Å². The first kappa shape index (κ1) is 63.9. The van der Waals surface area contributed by atoms with Gasteiger partial charge in [-0.15, -0.1) is 0 Å². The molecule has 0 spiro atoms. The number of aromatic nitrogens is 12. The number of H-pyrrole nitrogens is 3. The van der Waals surface area contributed by atoms with Crippen LogP contribution in [0.25, 0.3) is 67.3 Å². The lowest BCUT2D eigenvalue weighted by Crippen LogP contribution is -2.39. The lowest BCUT2D eigenvalue weighted by atomic mass is 10.0. The summed E-state index contributed by atoms with van der Waals surface area (Å²) in [6.45, 7) is 11.8. The Labute approximate surface area is 512 Å². The minimum absolute atomic E-state index is 0. The van der Waals surface area contributed by atoms with Crippen LogP contribution in [-0.2, 0) is 12.4 Å². The Hall–Kier alpha value is -8.11. The fraction of sp³-hybridized carbons (Fsp3) is 0.459. The second kappa shape index (κ2) is 26.9. The van der Waals surface area contributed by atoms with Gasteiger partial charge in [0.25, 0.3) is 11.8 Å². The van der Waals surface area contributed by atoms with Gasteiger partial charge in [-0.05, 0) is 117 Å². The predicted molar refractivity (Wildman–Crippen MR) is 330 cm³/mol. The maximum absolute atomic E-state index is 14.3. The summed E-state index contributed by atoms with van der Waals surface area (Å²) >= 11 is 0. The van der Waals surface area contributed by atoms with Crippen molar-refractivity contribution in [2.75, 3.05) is 73.6 Å². The van der Waals surface area contributed by atoms with Gasteiger partial charge in [0, 0.05) is 84.8 Å². The van der Waals surface area contributed by atoms with E-state index in [2.05, 4.69) is 109 Å². The van der Waals surface area contributed by atoms with E-state index in [0.29, 0.717) is 70.7 Å². The van der Waals surface area contributed by atoms with Crippen molar-refractivity contribution in [1.82, 2.24) is 76.4 Å². The number of pyridine rings is 6. The van der Waals surface area contributed by atoms with Crippen LogP contribution in [0.15, 0.2) is 97.5 Å². The number of anilines is 3. The van der Waals surface area contributed by atoms with E-state index >= 15 is 0 Å². The minimum atomic E-state index is -4.68. The highest BCUT2D eigenvalue weighted by Crippen LogP contribution is 2.41. The molecule has 3 saturated heterocycles. The highest BCUT2D eigenvalue weighted by molar-refractivity contribution is 5.92. The van der Waals surface area contributed by atoms with E-state index in [9.17, 15) is 43.9 Å². The molecule has 18 nitrogen and oxygen atoms in total. The second-order valence-corrected chi connectivity index (χ2v) is 23.6. The molecule has 6 N–H and O–H groups in total. The summed E-state index contributed by atoms with van der Waals surface area (Å²) in [5.74, 6) is -3.76. The number of alkyl halides is 10. The van der Waals surface area contributed by atoms with E-state index in [0.717, 1.165) is 68.1 Å². The molecule has 12 heterocycles. The highest BCUT2D eigenvalue weighted by atomic mass is 19.4. The van der Waals surface area contributed by atoms with Gasteiger partial charge < -0.3 is 30.7 Å². The summed E-state index contributed by atoms with van der Waals surface area (Å²) in [6, 6.07) is 20.4. The molecule has 0 aromatic carbocycles. The molecule has 3 atom stereocenters. The zero-order valence-electron chi connectivity index (χ0n) is 49.7. The zero-order valence-corrected chi connectivity index (χ0v) is 49.7. The summed E-state index contributed by atoms with van der Waals surface area (Å²) in [7, 11) is 0. The maximum Gasteiger partial charge on any atom is 0.418 e. The number of hydrogen-bond donors (Lipinski definition) is 6. The molecule has 0 bridgehead atoms. The standard InChI is InChI=1S/C21H25F3N6.C20H21F5N6.C20H24F2N6.4H2/c1-13(2)11-14-12-30(10-4-9-25-14)17-7-6-16(21(22,23)24)19(27-17)18-15-5-3-8-26-20(15)29-28-18;1-2-4-12-9-31(11-19(21,22)10-27-12)15-7-6-14(20(23,24)25)17(28-15)16-13-5-3-8-26-18(13)30-29-16;1-13(2)9-14-10-28(12-20(21,22)11-24-14)17-7-3-6-16(25-17)18-15-5-4-8-23-19(15)27-26-18;;;;/h3,5-8,13-14,25H,4,9-12H2,1-2H3,(H,26,28,29);3,5-8,12,27H,2,4,9-11H2,1H3,(H,26,29,30);3-8,13-14,24H,9-12H2,1-2H3,(H,23,26,27);4*1H/t14-;12-;14-;;;;/m000..../s1. The fourth-order valence-electron chi connectivity index (χ4n) is 11.5. The van der Waals surface area contributed by atoms with E-state index in [4.69, 9.17) is 0 Å². The Bertz CT molecular complexity index is 3830. The topological polar surface area (TPSA) is 209 Å². The molecule has 482 valence electrons. The van der Waals surface area contributed by atoms with Crippen molar-refractivity contribution in [3.8, 4) is 34.2 Å². The first-order chi connectivity index (χ1) is 42.4. The molecule has 3 fully saturated rings. The van der Waals surface area contributed by atoms with Gasteiger partial charge in [-0.1, -0.05) is 47.1 Å². The average molecular weight is 1250 g/mol. The van der Waals surface area contributed by atoms with Crippen molar-refractivity contribution in [1.29, 1.82) is 0 Å². The molecule has 0 saturated carbocycles. The summed E-state index contributed by atoms with van der Waals surface area (Å²) < 4.78 is 140. The highest BCUT2D eigenvalue weighted by Gasteiger charge is 2.41. The quantitative estimate of drug-likeness (QED) is 0.0629. The van der Waals surface area contributed by atoms with Crippen molar-refractivity contribution in [2.45, 2.75) is 109 Å². The van der Waals surface area contributed by atoms with Crippen LogP contribution in [0, 0.1) is 11.8 Å². The Morgan fingerprint density at radius 2 is 0.966 bits per heavy atom. The summed E-state index contributed by atoms with van der Waals surface area (Å²) in [5, 5.41) is 31.6. The van der Waals surface area contributed by atoms with Crippen LogP contribution in [0.3, 0.4) is 0 Å². The Kier molecular flexibility index (Phi) is 19.3. The minimum Gasteiger partial charge on any atom is -0.355 e. The van der Waals surface area contributed by atoms with Gasteiger partial charge >= 0.3 is 12.4 Å². The molecule has 0 amide bonds. The number of nitrogens with one attached hydrogen (secondary N) is 6. The van der Waals surface area contributed by atoms with Gasteiger partial charge in [0.05, 0.1) is 60.1 Å². The lowest BCUT2D eigenvalue weighted by molar-refractivity contribution is -0.138. The average Bonchev–Trinajstić information content (AvgIpc) is 1.76. The van der Waals surface area contributed by atoms with Crippen LogP contribution in [0.5, 0.6) is 0 Å². The number of rotatable bonds is 12. The Morgan fingerprint density at radius 3 is 1.46 bits per heavy atom. The number of aromatic amines is 3. The molecule has 0 aliphatic carbocycles. The molecular formula is C61H78F10N18. The van der Waals surface area contributed by atoms with Crippen LogP contribution < -0.4 is 30.7 Å². The summed E-state index contributed by atoms with van der Waals surface area (Å²) in [5.41, 5.74) is 0.588. The third-order valence-corrected chi connectivity index (χ3v) is 15.4. The van der Waals surface area contributed by atoms with Gasteiger partial charge in [0.2, 0.25) is 0 Å². The zero-order chi connectivity index (χ0) is 63.3. The first-order valence-electron chi connectivity index (χ1n) is 29.6. The van der Waals surface area contributed by atoms with Crippen molar-refractivity contribution < 1.29 is 49.6 Å². The summed E-state index contributed by atoms with van der Waals surface area (Å²) in [4.78, 5) is 30.8. The molecule has 28 heteroatoms. The smallest absolute Gasteiger partial charge is 0.355 e. The Morgan fingerprint density at radius 1 is 0.528 bits per heavy atom. The summed E-state index contributed by atoms with van der Waals surface area (Å²) in [6.07, 6.45) is -0.308. The van der Waals surface area contributed by atoms with Crippen LogP contribution in [0.1, 0.15) is 83.6 Å². The third kappa shape index (κ3) is 15.7. The van der Waals surface area contributed by atoms with Gasteiger partial charge in [-0.2, -0.15) is 41.6 Å². The molecule has 9 aromatic rings. The number of fused-ring (bicyclic) bond motifs is 3. The Balaban J connectivity index is 0.000000217. The van der Waals surface area contributed by atoms with Crippen molar-refractivity contribution in [3.63, 3.8) is 0 Å². The first-order valence-corrected chi connectivity index (χ1v) is 29.6. The van der Waals surface area contributed by atoms with Gasteiger partial charge in [-0.3, -0.25) is 15.3 Å². The molecule has 3 aliphatic rings. The lowest BCUT2D eigenvalue weighted by Gasteiger charge is -2.27. The predicted octanol–water partition coefficient (Wildman–Crippen LogP) is 13.0. The monoisotopic (exact) mass is 1250 g/mol. The van der Waals surface area contributed by atoms with Crippen molar-refractivity contribution in [2.24, 2.45) is 11.8 Å². The number of nitrogens with zero attached hydrogens (tertiary/aromatic N) is 12. The molecular weight excluding hydrogens is 1170 g/mol. The number of halogens is 10. The van der Waals surface area contributed by atoms with Crippen LogP contribution in [0.2, 0.25) is 0 Å². The van der Waals surface area contributed by atoms with Gasteiger partial charge in [0.1, 0.15) is 28.8 Å². The largest absolute Gasteiger partial charge is 0.418 e. The maximum atomic E-state index is 14.3. The molecule has 12 rings (SSSR count). The number of hydrogen-bond acceptors (Lipinski definition) is 15. The third-order valence-electron chi connectivity index (χ3n) is 15.4. The van der Waals surface area contributed by atoms with Crippen LogP contribution in [0.4, 0.5) is 61.4 Å². The molecule has 89 heavy (non-hydrogen) atoms. The SMILES string of the molecule is CC(C)C[C@H]1CN(c2ccc(C(F)(F)F)c(-c3[nH]nc4ncccc34)n2)CCCN1.CC(C)C[C@H]1CN(c2cccc(-c3[nH]nc4ncccc34)n2)CC(F)(F)CN1.CCC[C@H]1CN(c2ccc(C(F)(F)F)c(-c3[nH]nc4ncccc34)n2)CC(F)(F)CN1.[HH].[HH].[HH].[HH]. The van der Waals surface area contributed by atoms with E-state index in [-0.39, 0.29) is 72.0 Å². The van der Waals surface area contributed by atoms with Crippen LogP contribution in [-0.4, -0.2) is 149 Å². The van der Waals surface area contributed by atoms with Crippen LogP contribution >= 0.6 is 0 Å². The second-order valence-electron chi connectivity index (χ2n) is 23.6. The van der Waals surface area contributed by atoms with Gasteiger partial charge in [-0.25, -0.2) is 47.5 Å². The molecule has 3 aliphatic heterocycles. The van der Waals surface area contributed by atoms with E-state index in [1.54, 1.807) is 47.6 Å². The normalized spacial score (nSPS) is 19.2. The van der Waals surface area contributed by atoms with E-state index in [1.807, 2.05) is 31.2 Å².